The molecule has 0 saturated carbocycles. The molecule has 1 N–H and O–H groups in total. The molecular formula is C13H27NO. The molecule has 0 aromatic heterocycles. The maximum atomic E-state index is 9.80. The van der Waals surface area contributed by atoms with Crippen LogP contribution in [0.2, 0.25) is 0 Å². The van der Waals surface area contributed by atoms with Gasteiger partial charge >= 0.3 is 0 Å². The molecule has 1 aliphatic rings. The Hall–Kier alpha value is -0.0800. The second-order valence-corrected chi connectivity index (χ2v) is 6.92. The fourth-order valence-electron chi connectivity index (χ4n) is 2.57. The van der Waals surface area contributed by atoms with E-state index >= 15 is 0 Å². The Balaban J connectivity index is 2.85. The van der Waals surface area contributed by atoms with E-state index in [9.17, 15) is 5.11 Å². The van der Waals surface area contributed by atoms with Crippen molar-refractivity contribution in [3.8, 4) is 0 Å². The van der Waals surface area contributed by atoms with Crippen LogP contribution in [0, 0.1) is 5.41 Å². The number of aliphatic hydroxyl groups is 1. The van der Waals surface area contributed by atoms with E-state index in [2.05, 4.69) is 46.4 Å². The van der Waals surface area contributed by atoms with Gasteiger partial charge in [-0.2, -0.15) is 0 Å². The minimum Gasteiger partial charge on any atom is -0.393 e. The number of piperidine rings is 1. The molecule has 0 aromatic carbocycles. The molecule has 15 heavy (non-hydrogen) atoms. The summed E-state index contributed by atoms with van der Waals surface area (Å²) in [7, 11) is 0. The van der Waals surface area contributed by atoms with E-state index in [1.165, 1.54) is 0 Å². The van der Waals surface area contributed by atoms with E-state index in [1.54, 1.807) is 0 Å². The van der Waals surface area contributed by atoms with Crippen LogP contribution < -0.4 is 0 Å². The summed E-state index contributed by atoms with van der Waals surface area (Å²) in [5, 5.41) is 9.80. The lowest BCUT2D eigenvalue weighted by atomic mass is 9.78. The van der Waals surface area contributed by atoms with Crippen LogP contribution in [-0.4, -0.2) is 34.2 Å². The summed E-state index contributed by atoms with van der Waals surface area (Å²) in [4.78, 5) is 2.56. The number of nitrogens with zero attached hydrogens (tertiary/aromatic N) is 1. The van der Waals surface area contributed by atoms with E-state index in [4.69, 9.17) is 0 Å². The highest BCUT2D eigenvalue weighted by atomic mass is 16.3. The highest BCUT2D eigenvalue weighted by Gasteiger charge is 2.39. The number of rotatable bonds is 0. The van der Waals surface area contributed by atoms with Gasteiger partial charge < -0.3 is 5.11 Å². The largest absolute Gasteiger partial charge is 0.393 e. The predicted molar refractivity (Wildman–Crippen MR) is 64.9 cm³/mol. The maximum Gasteiger partial charge on any atom is 0.0567 e. The summed E-state index contributed by atoms with van der Waals surface area (Å²) in [5.74, 6) is 0. The fraction of sp³-hybridized carbons (Fsp3) is 1.00. The lowest BCUT2D eigenvalue weighted by Crippen LogP contribution is -2.57. The second-order valence-electron chi connectivity index (χ2n) is 6.92. The Labute approximate surface area is 94.7 Å². The van der Waals surface area contributed by atoms with Gasteiger partial charge in [0.15, 0.2) is 0 Å². The monoisotopic (exact) mass is 213 g/mol. The van der Waals surface area contributed by atoms with Gasteiger partial charge in [-0.25, -0.2) is 0 Å². The molecule has 2 atom stereocenters. The van der Waals surface area contributed by atoms with Gasteiger partial charge in [0.25, 0.3) is 0 Å². The molecule has 1 saturated heterocycles. The lowest BCUT2D eigenvalue weighted by Gasteiger charge is -2.51. The average molecular weight is 213 g/mol. The number of hydrogen-bond donors (Lipinski definition) is 1. The second kappa shape index (κ2) is 4.06. The van der Waals surface area contributed by atoms with Crippen LogP contribution in [0.3, 0.4) is 0 Å². The molecule has 0 bridgehead atoms. The van der Waals surface area contributed by atoms with E-state index in [0.717, 1.165) is 19.4 Å². The third-order valence-corrected chi connectivity index (χ3v) is 3.44. The zero-order valence-electron chi connectivity index (χ0n) is 11.2. The molecule has 0 aromatic rings. The summed E-state index contributed by atoms with van der Waals surface area (Å²) >= 11 is 0. The van der Waals surface area contributed by atoms with Crippen LogP contribution in [0.4, 0.5) is 0 Å². The standard InChI is InChI=1S/C13H27NO/c1-12(2,3)11-9-10(15)7-8-14(11)13(4,5)6/h10-11,15H,7-9H2,1-6H3. The number of aliphatic hydroxyl groups excluding tert-OH is 1. The predicted octanol–water partition coefficient (Wildman–Crippen LogP) is 2.66. The molecule has 0 amide bonds. The smallest absolute Gasteiger partial charge is 0.0567 e. The highest BCUT2D eigenvalue weighted by Crippen LogP contribution is 2.35. The van der Waals surface area contributed by atoms with Gasteiger partial charge in [-0.15, -0.1) is 0 Å². The van der Waals surface area contributed by atoms with Crippen LogP contribution >= 0.6 is 0 Å². The third kappa shape index (κ3) is 3.18. The first-order chi connectivity index (χ1) is 6.62. The third-order valence-electron chi connectivity index (χ3n) is 3.44. The van der Waals surface area contributed by atoms with Crippen molar-refractivity contribution >= 4 is 0 Å². The zero-order valence-corrected chi connectivity index (χ0v) is 11.2. The SMILES string of the molecule is CC(C)(C)C1CC(O)CCN1C(C)(C)C. The first-order valence-electron chi connectivity index (χ1n) is 6.07. The Bertz CT molecular complexity index is 212. The zero-order chi connectivity index (χ0) is 11.9. The average Bonchev–Trinajstić information content (AvgIpc) is 2.00. The molecule has 1 rings (SSSR count). The van der Waals surface area contributed by atoms with Crippen LogP contribution in [0.15, 0.2) is 0 Å². The van der Waals surface area contributed by atoms with Gasteiger partial charge in [0, 0.05) is 18.1 Å². The lowest BCUT2D eigenvalue weighted by molar-refractivity contribution is -0.0481. The summed E-state index contributed by atoms with van der Waals surface area (Å²) in [6, 6.07) is 0.487. The molecule has 1 fully saturated rings. The number of likely N-dealkylation sites (tertiary alicyclic amines) is 1. The van der Waals surface area contributed by atoms with Crippen molar-refractivity contribution in [3.05, 3.63) is 0 Å². The van der Waals surface area contributed by atoms with Crippen molar-refractivity contribution in [2.45, 2.75) is 72.1 Å². The minimum absolute atomic E-state index is 0.104. The van der Waals surface area contributed by atoms with Gasteiger partial charge in [-0.3, -0.25) is 4.90 Å². The Morgan fingerprint density at radius 1 is 1.07 bits per heavy atom. The molecule has 0 aliphatic carbocycles. The molecule has 2 unspecified atom stereocenters. The normalized spacial score (nSPS) is 30.6. The summed E-state index contributed by atoms with van der Waals surface area (Å²) < 4.78 is 0. The molecule has 1 aliphatic heterocycles. The van der Waals surface area contributed by atoms with Crippen molar-refractivity contribution < 1.29 is 5.11 Å². The minimum atomic E-state index is -0.104. The molecule has 0 radical (unpaired) electrons. The van der Waals surface area contributed by atoms with Crippen molar-refractivity contribution in [2.24, 2.45) is 5.41 Å². The molecule has 1 heterocycles. The van der Waals surface area contributed by atoms with Crippen LogP contribution in [0.1, 0.15) is 54.4 Å². The highest BCUT2D eigenvalue weighted by molar-refractivity contribution is 4.94. The Morgan fingerprint density at radius 2 is 1.60 bits per heavy atom. The molecule has 2 nitrogen and oxygen atoms in total. The van der Waals surface area contributed by atoms with Gasteiger partial charge in [-0.05, 0) is 39.0 Å². The number of hydrogen-bond acceptors (Lipinski definition) is 2. The maximum absolute atomic E-state index is 9.80. The van der Waals surface area contributed by atoms with Gasteiger partial charge in [-0.1, -0.05) is 20.8 Å². The van der Waals surface area contributed by atoms with Crippen LogP contribution in [0.5, 0.6) is 0 Å². The van der Waals surface area contributed by atoms with Crippen LogP contribution in [-0.2, 0) is 0 Å². The Morgan fingerprint density at radius 3 is 2.00 bits per heavy atom. The van der Waals surface area contributed by atoms with Gasteiger partial charge in [0.2, 0.25) is 0 Å². The van der Waals surface area contributed by atoms with Crippen molar-refractivity contribution in [1.29, 1.82) is 0 Å². The van der Waals surface area contributed by atoms with E-state index in [1.807, 2.05) is 0 Å². The molecule has 0 spiro atoms. The summed E-state index contributed by atoms with van der Waals surface area (Å²) in [5.41, 5.74) is 0.451. The summed E-state index contributed by atoms with van der Waals surface area (Å²) in [6.45, 7) is 14.6. The topological polar surface area (TPSA) is 23.5 Å². The van der Waals surface area contributed by atoms with Crippen molar-refractivity contribution in [1.82, 2.24) is 4.90 Å². The molecule has 90 valence electrons. The summed E-state index contributed by atoms with van der Waals surface area (Å²) in [6.07, 6.45) is 1.73. The van der Waals surface area contributed by atoms with Crippen LogP contribution in [0.25, 0.3) is 0 Å². The Kier molecular flexibility index (Phi) is 3.52. The van der Waals surface area contributed by atoms with E-state index in [0.29, 0.717) is 6.04 Å². The van der Waals surface area contributed by atoms with Crippen molar-refractivity contribution in [2.75, 3.05) is 6.54 Å². The van der Waals surface area contributed by atoms with Gasteiger partial charge in [0.05, 0.1) is 6.10 Å². The first-order valence-corrected chi connectivity index (χ1v) is 6.07. The molecular weight excluding hydrogens is 186 g/mol. The van der Waals surface area contributed by atoms with Gasteiger partial charge in [0.1, 0.15) is 0 Å². The fourth-order valence-corrected chi connectivity index (χ4v) is 2.57. The van der Waals surface area contributed by atoms with Crippen molar-refractivity contribution in [3.63, 3.8) is 0 Å². The van der Waals surface area contributed by atoms with E-state index < -0.39 is 0 Å². The van der Waals surface area contributed by atoms with E-state index in [-0.39, 0.29) is 17.1 Å². The quantitative estimate of drug-likeness (QED) is 0.668. The first kappa shape index (κ1) is 13.0. The molecule has 2 heteroatoms.